The Kier molecular flexibility index (Phi) is 5.89. The monoisotopic (exact) mass is 263 g/mol. The second-order valence-electron chi connectivity index (χ2n) is 3.96. The molecule has 0 aliphatic carbocycles. The van der Waals surface area contributed by atoms with E-state index in [-0.39, 0.29) is 24.7 Å². The van der Waals surface area contributed by atoms with Crippen LogP contribution in [0.4, 0.5) is 0 Å². The summed E-state index contributed by atoms with van der Waals surface area (Å²) in [4.78, 5) is 34.8. The van der Waals surface area contributed by atoms with Crippen LogP contribution in [-0.2, 0) is 14.3 Å². The molecule has 0 fully saturated rings. The van der Waals surface area contributed by atoms with Gasteiger partial charge in [-0.25, -0.2) is 0 Å². The van der Waals surface area contributed by atoms with Gasteiger partial charge in [-0.15, -0.1) is 0 Å². The second kappa shape index (κ2) is 7.43. The van der Waals surface area contributed by atoms with Crippen LogP contribution in [0.2, 0.25) is 0 Å². The lowest BCUT2D eigenvalue weighted by Crippen LogP contribution is -2.45. The first-order valence-corrected chi connectivity index (χ1v) is 6.05. The third kappa shape index (κ3) is 4.63. The van der Waals surface area contributed by atoms with E-state index in [9.17, 15) is 14.4 Å². The van der Waals surface area contributed by atoms with E-state index in [0.717, 1.165) is 0 Å². The van der Waals surface area contributed by atoms with Crippen LogP contribution in [0.25, 0.3) is 0 Å². The molecule has 1 aromatic carbocycles. The number of hydrogen-bond acceptors (Lipinski definition) is 5. The van der Waals surface area contributed by atoms with E-state index in [1.54, 1.807) is 37.3 Å². The van der Waals surface area contributed by atoms with E-state index in [1.165, 1.54) is 6.92 Å². The molecule has 0 bridgehead atoms. The number of Topliss-reactive ketones (excluding diaryl/α,β-unsaturated/α-hetero) is 2. The lowest BCUT2D eigenvalue weighted by atomic mass is 10.0. The Morgan fingerprint density at radius 2 is 1.84 bits per heavy atom. The Balaban J connectivity index is 2.70. The fourth-order valence-corrected chi connectivity index (χ4v) is 1.59. The van der Waals surface area contributed by atoms with Crippen molar-refractivity contribution in [2.45, 2.75) is 19.9 Å². The zero-order chi connectivity index (χ0) is 14.3. The van der Waals surface area contributed by atoms with Crippen LogP contribution in [-0.4, -0.2) is 36.7 Å². The molecule has 1 aromatic rings. The van der Waals surface area contributed by atoms with Crippen molar-refractivity contribution in [3.05, 3.63) is 35.9 Å². The van der Waals surface area contributed by atoms with E-state index in [0.29, 0.717) is 5.56 Å². The molecule has 0 saturated heterocycles. The largest absolute Gasteiger partial charge is 0.465 e. The van der Waals surface area contributed by atoms with Gasteiger partial charge in [0.05, 0.1) is 13.2 Å². The van der Waals surface area contributed by atoms with Crippen molar-refractivity contribution in [2.75, 3.05) is 13.2 Å². The molecule has 5 heteroatoms. The van der Waals surface area contributed by atoms with Gasteiger partial charge in [-0.2, -0.15) is 0 Å². The molecule has 0 heterocycles. The number of benzene rings is 1. The van der Waals surface area contributed by atoms with Crippen LogP contribution in [0.3, 0.4) is 0 Å². The predicted molar refractivity (Wildman–Crippen MR) is 69.9 cm³/mol. The molecule has 1 rings (SSSR count). The molecule has 1 N–H and O–H groups in total. The molecule has 19 heavy (non-hydrogen) atoms. The Labute approximate surface area is 111 Å². The Bertz CT molecular complexity index is 456. The summed E-state index contributed by atoms with van der Waals surface area (Å²) in [7, 11) is 0. The smallest absolute Gasteiger partial charge is 0.319 e. The highest BCUT2D eigenvalue weighted by atomic mass is 16.5. The average molecular weight is 263 g/mol. The van der Waals surface area contributed by atoms with Gasteiger partial charge in [0.2, 0.25) is 0 Å². The number of esters is 1. The fourth-order valence-electron chi connectivity index (χ4n) is 1.59. The quantitative estimate of drug-likeness (QED) is 0.451. The topological polar surface area (TPSA) is 72.5 Å². The maximum absolute atomic E-state index is 12.1. The van der Waals surface area contributed by atoms with E-state index >= 15 is 0 Å². The van der Waals surface area contributed by atoms with Crippen molar-refractivity contribution in [1.29, 1.82) is 0 Å². The summed E-state index contributed by atoms with van der Waals surface area (Å²) in [5, 5.41) is 2.63. The maximum atomic E-state index is 12.1. The van der Waals surface area contributed by atoms with E-state index in [1.807, 2.05) is 0 Å². The fraction of sp³-hybridized carbons (Fsp3) is 0.357. The van der Waals surface area contributed by atoms with Crippen molar-refractivity contribution in [1.82, 2.24) is 5.32 Å². The number of rotatable bonds is 7. The molecule has 102 valence electrons. The lowest BCUT2D eigenvalue weighted by Gasteiger charge is -2.14. The highest BCUT2D eigenvalue weighted by Crippen LogP contribution is 2.04. The van der Waals surface area contributed by atoms with Crippen molar-refractivity contribution in [2.24, 2.45) is 0 Å². The van der Waals surface area contributed by atoms with Crippen LogP contribution in [0.15, 0.2) is 30.3 Å². The minimum absolute atomic E-state index is 0.170. The van der Waals surface area contributed by atoms with E-state index in [2.05, 4.69) is 5.32 Å². The molecule has 0 spiro atoms. The minimum Gasteiger partial charge on any atom is -0.465 e. The molecular weight excluding hydrogens is 246 g/mol. The zero-order valence-corrected chi connectivity index (χ0v) is 11.0. The van der Waals surface area contributed by atoms with Crippen molar-refractivity contribution < 1.29 is 19.1 Å². The molecule has 1 atom stereocenters. The van der Waals surface area contributed by atoms with E-state index in [4.69, 9.17) is 4.74 Å². The van der Waals surface area contributed by atoms with Crippen LogP contribution < -0.4 is 5.32 Å². The summed E-state index contributed by atoms with van der Waals surface area (Å²) in [6.45, 7) is 3.09. The average Bonchev–Trinajstić information content (AvgIpc) is 2.39. The summed E-state index contributed by atoms with van der Waals surface area (Å²) in [5.74, 6) is -1.18. The highest BCUT2D eigenvalue weighted by molar-refractivity contribution is 6.13. The van der Waals surface area contributed by atoms with Gasteiger partial charge < -0.3 is 4.74 Å². The predicted octanol–water partition coefficient (Wildman–Crippen LogP) is 0.980. The molecule has 0 saturated carbocycles. The van der Waals surface area contributed by atoms with Gasteiger partial charge in [0.15, 0.2) is 11.6 Å². The Hall–Kier alpha value is -2.01. The first-order valence-electron chi connectivity index (χ1n) is 6.05. The molecule has 1 unspecified atom stereocenters. The maximum Gasteiger partial charge on any atom is 0.319 e. The third-order valence-corrected chi connectivity index (χ3v) is 2.48. The number of carbonyl (C=O) groups excluding carboxylic acids is 3. The number of ketones is 2. The second-order valence-corrected chi connectivity index (χ2v) is 3.96. The molecule has 0 radical (unpaired) electrons. The summed E-state index contributed by atoms with van der Waals surface area (Å²) in [6.07, 6.45) is 0. The number of carbonyl (C=O) groups is 3. The van der Waals surface area contributed by atoms with Gasteiger partial charge in [0.25, 0.3) is 0 Å². The number of nitrogens with one attached hydrogen (secondary N) is 1. The van der Waals surface area contributed by atoms with Gasteiger partial charge >= 0.3 is 5.97 Å². The Morgan fingerprint density at radius 1 is 1.21 bits per heavy atom. The van der Waals surface area contributed by atoms with Crippen LogP contribution in [0.1, 0.15) is 24.2 Å². The van der Waals surface area contributed by atoms with Gasteiger partial charge in [-0.05, 0) is 13.8 Å². The van der Waals surface area contributed by atoms with Crippen LogP contribution in [0, 0.1) is 0 Å². The SMILES string of the molecule is CCOC(=O)CNC(C(C)=O)C(=O)c1ccccc1. The molecule has 0 aromatic heterocycles. The summed E-state index contributed by atoms with van der Waals surface area (Å²) in [6, 6.07) is 7.46. The highest BCUT2D eigenvalue weighted by Gasteiger charge is 2.24. The Morgan fingerprint density at radius 3 is 2.37 bits per heavy atom. The summed E-state index contributed by atoms with van der Waals surface area (Å²) >= 11 is 0. The van der Waals surface area contributed by atoms with Crippen molar-refractivity contribution in [3.63, 3.8) is 0 Å². The van der Waals surface area contributed by atoms with Crippen molar-refractivity contribution >= 4 is 17.5 Å². The molecule has 5 nitrogen and oxygen atoms in total. The summed E-state index contributed by atoms with van der Waals surface area (Å²) < 4.78 is 4.73. The molecule has 0 amide bonds. The lowest BCUT2D eigenvalue weighted by molar-refractivity contribution is -0.142. The van der Waals surface area contributed by atoms with Gasteiger partial charge in [0.1, 0.15) is 6.04 Å². The molecule has 0 aliphatic rings. The van der Waals surface area contributed by atoms with Crippen molar-refractivity contribution in [3.8, 4) is 0 Å². The molecule has 0 aliphatic heterocycles. The third-order valence-electron chi connectivity index (χ3n) is 2.48. The number of ether oxygens (including phenoxy) is 1. The normalized spacial score (nSPS) is 11.7. The molecular formula is C14H17NO4. The van der Waals surface area contributed by atoms with Gasteiger partial charge in [-0.3, -0.25) is 19.7 Å². The minimum atomic E-state index is -1.02. The van der Waals surface area contributed by atoms with E-state index < -0.39 is 12.0 Å². The first-order chi connectivity index (χ1) is 9.06. The zero-order valence-electron chi connectivity index (χ0n) is 11.0. The van der Waals surface area contributed by atoms with Gasteiger partial charge in [0, 0.05) is 5.56 Å². The number of hydrogen-bond donors (Lipinski definition) is 1. The summed E-state index contributed by atoms with van der Waals surface area (Å²) in [5.41, 5.74) is 0.430. The first kappa shape index (κ1) is 15.0. The van der Waals surface area contributed by atoms with Crippen LogP contribution >= 0.6 is 0 Å². The standard InChI is InChI=1S/C14H17NO4/c1-3-19-12(17)9-15-13(10(2)16)14(18)11-7-5-4-6-8-11/h4-8,13,15H,3,9H2,1-2H3. The van der Waals surface area contributed by atoms with Gasteiger partial charge in [-0.1, -0.05) is 30.3 Å². The van der Waals surface area contributed by atoms with Crippen LogP contribution in [0.5, 0.6) is 0 Å².